The van der Waals surface area contributed by atoms with Crippen LogP contribution in [-0.4, -0.2) is 11.5 Å². The van der Waals surface area contributed by atoms with Crippen molar-refractivity contribution >= 4 is 11.5 Å². The number of fused-ring (bicyclic) bond motifs is 1. The molecule has 0 saturated heterocycles. The van der Waals surface area contributed by atoms with Crippen LogP contribution < -0.4 is 10.6 Å². The van der Waals surface area contributed by atoms with Gasteiger partial charge < -0.3 is 10.6 Å². The average Bonchev–Trinajstić information content (AvgIpc) is 2.46. The van der Waals surface area contributed by atoms with E-state index in [9.17, 15) is 0 Å². The topological polar surface area (TPSA) is 42.2 Å². The van der Waals surface area contributed by atoms with Crippen LogP contribution in [0.15, 0.2) is 42.6 Å². The number of aromatic nitrogens is 1. The van der Waals surface area contributed by atoms with E-state index in [1.54, 1.807) is 0 Å². The summed E-state index contributed by atoms with van der Waals surface area (Å²) in [6.07, 6.45) is 2.98. The highest BCUT2D eigenvalue weighted by atomic mass is 15.2. The normalized spacial score (nSPS) is 19.6. The number of benzene rings is 1. The van der Waals surface area contributed by atoms with E-state index < -0.39 is 0 Å². The van der Waals surface area contributed by atoms with Crippen molar-refractivity contribution in [1.29, 1.82) is 0 Å². The van der Waals surface area contributed by atoms with E-state index in [0.717, 1.165) is 24.3 Å². The van der Waals surface area contributed by atoms with Gasteiger partial charge in [-0.3, -0.25) is 0 Å². The first-order valence-electron chi connectivity index (χ1n) is 7.22. The fraction of sp³-hybridized carbons (Fsp3) is 0.353. The number of hydrogen-bond acceptors (Lipinski definition) is 3. The van der Waals surface area contributed by atoms with E-state index in [0.29, 0.717) is 5.92 Å². The molecule has 3 rings (SSSR count). The van der Waals surface area contributed by atoms with Crippen LogP contribution in [0.5, 0.6) is 0 Å². The van der Waals surface area contributed by atoms with E-state index in [2.05, 4.69) is 47.1 Å². The Kier molecular flexibility index (Phi) is 3.45. The van der Waals surface area contributed by atoms with Gasteiger partial charge in [0, 0.05) is 30.0 Å². The number of hydrogen-bond donors (Lipinski definition) is 1. The van der Waals surface area contributed by atoms with Crippen molar-refractivity contribution in [3.05, 3.63) is 53.7 Å². The lowest BCUT2D eigenvalue weighted by Crippen LogP contribution is -2.32. The Hall–Kier alpha value is -1.87. The summed E-state index contributed by atoms with van der Waals surface area (Å²) in [4.78, 5) is 6.92. The van der Waals surface area contributed by atoms with Crippen LogP contribution in [0.3, 0.4) is 0 Å². The number of anilines is 2. The van der Waals surface area contributed by atoms with Gasteiger partial charge in [0.05, 0.1) is 0 Å². The molecule has 1 unspecified atom stereocenters. The molecule has 0 amide bonds. The molecule has 1 aromatic carbocycles. The number of rotatable bonds is 2. The second kappa shape index (κ2) is 5.25. The fourth-order valence-corrected chi connectivity index (χ4v) is 2.99. The molecule has 0 radical (unpaired) electrons. The van der Waals surface area contributed by atoms with Gasteiger partial charge in [0.1, 0.15) is 5.82 Å². The molecule has 0 saturated carbocycles. The Bertz CT molecular complexity index is 607. The Morgan fingerprint density at radius 2 is 2.05 bits per heavy atom. The molecule has 3 nitrogen and oxygen atoms in total. The van der Waals surface area contributed by atoms with Gasteiger partial charge in [0.15, 0.2) is 0 Å². The predicted molar refractivity (Wildman–Crippen MR) is 83.2 cm³/mol. The average molecular weight is 267 g/mol. The van der Waals surface area contributed by atoms with Crippen LogP contribution >= 0.6 is 0 Å². The summed E-state index contributed by atoms with van der Waals surface area (Å²) in [6, 6.07) is 12.6. The maximum absolute atomic E-state index is 6.11. The summed E-state index contributed by atoms with van der Waals surface area (Å²) in [7, 11) is 0. The quantitative estimate of drug-likeness (QED) is 0.906. The zero-order chi connectivity index (χ0) is 14.1. The van der Waals surface area contributed by atoms with Crippen molar-refractivity contribution in [2.24, 2.45) is 11.7 Å². The molecular weight excluding hydrogens is 246 g/mol. The Morgan fingerprint density at radius 1 is 1.25 bits per heavy atom. The predicted octanol–water partition coefficient (Wildman–Crippen LogP) is 3.43. The zero-order valence-corrected chi connectivity index (χ0v) is 12.1. The third-order valence-electron chi connectivity index (χ3n) is 3.91. The lowest BCUT2D eigenvalue weighted by molar-refractivity contribution is 0.558. The van der Waals surface area contributed by atoms with Crippen molar-refractivity contribution in [1.82, 2.24) is 4.98 Å². The third-order valence-corrected chi connectivity index (χ3v) is 3.91. The van der Waals surface area contributed by atoms with Crippen LogP contribution in [0.25, 0.3) is 0 Å². The van der Waals surface area contributed by atoms with E-state index in [-0.39, 0.29) is 6.04 Å². The fourth-order valence-electron chi connectivity index (χ4n) is 2.99. The van der Waals surface area contributed by atoms with Gasteiger partial charge in [-0.15, -0.1) is 0 Å². The number of para-hydroxylation sites is 1. The molecule has 2 aromatic rings. The minimum Gasteiger partial charge on any atom is -0.326 e. The maximum atomic E-state index is 6.11. The molecule has 2 N–H and O–H groups in total. The summed E-state index contributed by atoms with van der Waals surface area (Å²) in [5, 5.41) is 0. The Balaban J connectivity index is 2.11. The minimum absolute atomic E-state index is 0.0110. The first kappa shape index (κ1) is 13.1. The largest absolute Gasteiger partial charge is 0.326 e. The number of nitrogens with two attached hydrogens (primary N) is 1. The molecule has 104 valence electrons. The first-order valence-corrected chi connectivity index (χ1v) is 7.22. The highest BCUT2D eigenvalue weighted by Crippen LogP contribution is 2.36. The highest BCUT2D eigenvalue weighted by Gasteiger charge is 2.25. The van der Waals surface area contributed by atoms with E-state index in [1.807, 2.05) is 19.2 Å². The molecule has 3 heteroatoms. The smallest absolute Gasteiger partial charge is 0.137 e. The lowest BCUT2D eigenvalue weighted by atomic mass is 9.93. The molecule has 0 bridgehead atoms. The lowest BCUT2D eigenvalue weighted by Gasteiger charge is -2.35. The van der Waals surface area contributed by atoms with Crippen LogP contribution in [0, 0.1) is 5.92 Å². The van der Waals surface area contributed by atoms with Crippen LogP contribution in [0.4, 0.5) is 11.5 Å². The molecule has 2 heterocycles. The summed E-state index contributed by atoms with van der Waals surface area (Å²) >= 11 is 0. The summed E-state index contributed by atoms with van der Waals surface area (Å²) in [5.41, 5.74) is 9.88. The van der Waals surface area contributed by atoms with Crippen molar-refractivity contribution in [3.63, 3.8) is 0 Å². The molecule has 0 spiro atoms. The molecule has 1 aliphatic rings. The third kappa shape index (κ3) is 2.29. The summed E-state index contributed by atoms with van der Waals surface area (Å²) in [5.74, 6) is 1.62. The first-order chi connectivity index (χ1) is 9.66. The Morgan fingerprint density at radius 3 is 2.85 bits per heavy atom. The van der Waals surface area contributed by atoms with E-state index in [1.165, 1.54) is 11.3 Å². The Labute approximate surface area is 120 Å². The van der Waals surface area contributed by atoms with Gasteiger partial charge in [-0.05, 0) is 37.0 Å². The monoisotopic (exact) mass is 267 g/mol. The molecule has 1 aliphatic heterocycles. The van der Waals surface area contributed by atoms with Gasteiger partial charge in [-0.25, -0.2) is 4.98 Å². The minimum atomic E-state index is -0.0110. The van der Waals surface area contributed by atoms with Crippen molar-refractivity contribution in [2.75, 3.05) is 11.4 Å². The number of pyridine rings is 1. The molecule has 0 aliphatic carbocycles. The summed E-state index contributed by atoms with van der Waals surface area (Å²) < 4.78 is 0. The van der Waals surface area contributed by atoms with Gasteiger partial charge in [-0.2, -0.15) is 0 Å². The number of nitrogens with zero attached hydrogens (tertiary/aromatic N) is 2. The van der Waals surface area contributed by atoms with Crippen LogP contribution in [0.1, 0.15) is 31.0 Å². The maximum Gasteiger partial charge on any atom is 0.137 e. The molecule has 0 fully saturated rings. The molecule has 1 aromatic heterocycles. The zero-order valence-electron chi connectivity index (χ0n) is 12.1. The van der Waals surface area contributed by atoms with E-state index >= 15 is 0 Å². The van der Waals surface area contributed by atoms with E-state index in [4.69, 9.17) is 5.73 Å². The van der Waals surface area contributed by atoms with Crippen molar-refractivity contribution < 1.29 is 0 Å². The van der Waals surface area contributed by atoms with Crippen LogP contribution in [-0.2, 0) is 6.42 Å². The molecular formula is C17H21N3. The summed E-state index contributed by atoms with van der Waals surface area (Å²) in [6.45, 7) is 5.30. The van der Waals surface area contributed by atoms with Gasteiger partial charge >= 0.3 is 0 Å². The van der Waals surface area contributed by atoms with Crippen molar-refractivity contribution in [2.45, 2.75) is 26.3 Å². The second-order valence-corrected chi connectivity index (χ2v) is 5.75. The van der Waals surface area contributed by atoms with Crippen molar-refractivity contribution in [3.8, 4) is 0 Å². The van der Waals surface area contributed by atoms with Gasteiger partial charge in [0.25, 0.3) is 0 Å². The second-order valence-electron chi connectivity index (χ2n) is 5.75. The van der Waals surface area contributed by atoms with Crippen LogP contribution in [0.2, 0.25) is 0 Å². The highest BCUT2D eigenvalue weighted by molar-refractivity contribution is 5.68. The molecule has 2 atom stereocenters. The van der Waals surface area contributed by atoms with Gasteiger partial charge in [-0.1, -0.05) is 31.2 Å². The standard InChI is InChI=1S/C17H21N3/c1-12-10-14-6-3-4-8-16(14)20(11-12)17-15(13(2)18)7-5-9-19-17/h3-9,12-13H,10-11,18H2,1-2H3/t12?,13-/m1/s1. The SMILES string of the molecule is CC1Cc2ccccc2N(c2ncccc2[C@@H](C)N)C1. The van der Waals surface area contributed by atoms with Gasteiger partial charge in [0.2, 0.25) is 0 Å². The molecule has 20 heavy (non-hydrogen) atoms.